The molecular formula is C18H17N3O4. The highest BCUT2D eigenvalue weighted by atomic mass is 16.6. The molecule has 1 heterocycles. The molecule has 0 saturated carbocycles. The molecule has 0 aliphatic carbocycles. The van der Waals surface area contributed by atoms with Crippen molar-refractivity contribution in [3.63, 3.8) is 0 Å². The molecule has 1 aliphatic heterocycles. The molecule has 0 bridgehead atoms. The van der Waals surface area contributed by atoms with Crippen molar-refractivity contribution in [2.24, 2.45) is 0 Å². The van der Waals surface area contributed by atoms with Gasteiger partial charge in [-0.15, -0.1) is 0 Å². The lowest BCUT2D eigenvalue weighted by Gasteiger charge is -2.16. The van der Waals surface area contributed by atoms with Crippen molar-refractivity contribution in [1.29, 1.82) is 0 Å². The second-order valence-electron chi connectivity index (χ2n) is 5.88. The lowest BCUT2D eigenvalue weighted by molar-refractivity contribution is -0.384. The van der Waals surface area contributed by atoms with Crippen molar-refractivity contribution >= 4 is 23.2 Å². The number of non-ortho nitro benzene ring substituents is 1. The van der Waals surface area contributed by atoms with Crippen LogP contribution in [0.4, 0.5) is 11.4 Å². The van der Waals surface area contributed by atoms with Crippen LogP contribution < -0.4 is 5.32 Å². The Bertz CT molecular complexity index is 835. The molecule has 128 valence electrons. The maximum atomic E-state index is 12.4. The van der Waals surface area contributed by atoms with Crippen molar-refractivity contribution in [2.45, 2.75) is 19.4 Å². The lowest BCUT2D eigenvalue weighted by atomic mass is 10.1. The second kappa shape index (κ2) is 7.12. The minimum absolute atomic E-state index is 0.0842. The number of hydrogen-bond acceptors (Lipinski definition) is 4. The van der Waals surface area contributed by atoms with Crippen molar-refractivity contribution in [3.8, 4) is 0 Å². The van der Waals surface area contributed by atoms with Crippen molar-refractivity contribution < 1.29 is 14.5 Å². The van der Waals surface area contributed by atoms with Gasteiger partial charge in [-0.3, -0.25) is 19.7 Å². The van der Waals surface area contributed by atoms with Gasteiger partial charge in [-0.1, -0.05) is 18.2 Å². The van der Waals surface area contributed by atoms with E-state index in [1.54, 1.807) is 29.2 Å². The Labute approximate surface area is 144 Å². The van der Waals surface area contributed by atoms with Crippen LogP contribution in [0.2, 0.25) is 0 Å². The third-order valence-electron chi connectivity index (χ3n) is 4.05. The van der Waals surface area contributed by atoms with E-state index in [4.69, 9.17) is 0 Å². The molecule has 1 aliphatic rings. The molecule has 1 fully saturated rings. The number of rotatable bonds is 5. The number of nitrogens with zero attached hydrogens (tertiary/aromatic N) is 2. The summed E-state index contributed by atoms with van der Waals surface area (Å²) in [6.07, 6.45) is 1.44. The molecule has 0 unspecified atom stereocenters. The molecule has 0 radical (unpaired) electrons. The van der Waals surface area contributed by atoms with E-state index in [1.807, 2.05) is 6.07 Å². The van der Waals surface area contributed by atoms with Crippen molar-refractivity contribution in [2.75, 3.05) is 11.9 Å². The lowest BCUT2D eigenvalue weighted by Crippen LogP contribution is -2.24. The maximum absolute atomic E-state index is 12.4. The molecule has 2 aromatic carbocycles. The molecule has 7 nitrogen and oxygen atoms in total. The zero-order valence-electron chi connectivity index (χ0n) is 13.5. The number of likely N-dealkylation sites (tertiary alicyclic amines) is 1. The van der Waals surface area contributed by atoms with Gasteiger partial charge in [-0.05, 0) is 30.2 Å². The first kappa shape index (κ1) is 16.6. The third-order valence-corrected chi connectivity index (χ3v) is 4.05. The van der Waals surface area contributed by atoms with Crippen LogP contribution in [0.1, 0.15) is 28.8 Å². The molecule has 0 aromatic heterocycles. The van der Waals surface area contributed by atoms with Gasteiger partial charge in [0.25, 0.3) is 11.6 Å². The average molecular weight is 339 g/mol. The third kappa shape index (κ3) is 4.00. The van der Waals surface area contributed by atoms with Gasteiger partial charge in [0.1, 0.15) is 0 Å². The summed E-state index contributed by atoms with van der Waals surface area (Å²) < 4.78 is 0. The number of anilines is 1. The fraction of sp³-hybridized carbons (Fsp3) is 0.222. The number of carbonyl (C=O) groups is 2. The monoisotopic (exact) mass is 339 g/mol. The zero-order chi connectivity index (χ0) is 17.8. The van der Waals surface area contributed by atoms with Crippen LogP contribution in [0.5, 0.6) is 0 Å². The van der Waals surface area contributed by atoms with E-state index in [0.29, 0.717) is 24.2 Å². The second-order valence-corrected chi connectivity index (χ2v) is 5.88. The summed E-state index contributed by atoms with van der Waals surface area (Å²) in [5, 5.41) is 13.5. The molecule has 1 saturated heterocycles. The number of benzene rings is 2. The van der Waals surface area contributed by atoms with E-state index in [2.05, 4.69) is 5.32 Å². The highest BCUT2D eigenvalue weighted by Crippen LogP contribution is 2.19. The van der Waals surface area contributed by atoms with Crippen molar-refractivity contribution in [3.05, 3.63) is 69.8 Å². The highest BCUT2D eigenvalue weighted by molar-refractivity contribution is 6.04. The first-order valence-corrected chi connectivity index (χ1v) is 7.95. The van der Waals surface area contributed by atoms with E-state index >= 15 is 0 Å². The van der Waals surface area contributed by atoms with Crippen LogP contribution in [0.15, 0.2) is 48.5 Å². The molecule has 3 rings (SSSR count). The van der Waals surface area contributed by atoms with E-state index in [9.17, 15) is 19.7 Å². The van der Waals surface area contributed by atoms with Crippen LogP contribution >= 0.6 is 0 Å². The summed E-state index contributed by atoms with van der Waals surface area (Å²) in [6.45, 7) is 1.22. The number of nitrogens with one attached hydrogen (secondary N) is 1. The molecule has 0 spiro atoms. The number of nitro benzene ring substituents is 1. The first-order chi connectivity index (χ1) is 12.0. The van der Waals surface area contributed by atoms with Crippen LogP contribution in [-0.2, 0) is 11.3 Å². The molecule has 2 amide bonds. The van der Waals surface area contributed by atoms with E-state index in [0.717, 1.165) is 18.5 Å². The minimum Gasteiger partial charge on any atom is -0.338 e. The summed E-state index contributed by atoms with van der Waals surface area (Å²) in [5.41, 5.74) is 1.59. The van der Waals surface area contributed by atoms with E-state index in [1.165, 1.54) is 18.2 Å². The van der Waals surface area contributed by atoms with E-state index < -0.39 is 4.92 Å². The molecule has 2 aromatic rings. The van der Waals surface area contributed by atoms with Gasteiger partial charge in [0.05, 0.1) is 4.92 Å². The molecule has 25 heavy (non-hydrogen) atoms. The SMILES string of the molecule is O=C(Nc1cccc([N+](=O)[O-])c1)c1cccc(CN2CCCC2=O)c1. The smallest absolute Gasteiger partial charge is 0.271 e. The van der Waals surface area contributed by atoms with Crippen LogP contribution in [0.25, 0.3) is 0 Å². The van der Waals surface area contributed by atoms with Gasteiger partial charge in [-0.25, -0.2) is 0 Å². The van der Waals surface area contributed by atoms with Gasteiger partial charge >= 0.3 is 0 Å². The topological polar surface area (TPSA) is 92.5 Å². The highest BCUT2D eigenvalue weighted by Gasteiger charge is 2.20. The molecular weight excluding hydrogens is 322 g/mol. The molecule has 1 N–H and O–H groups in total. The summed E-state index contributed by atoms with van der Waals surface area (Å²) in [6, 6.07) is 12.8. The minimum atomic E-state index is -0.511. The fourth-order valence-corrected chi connectivity index (χ4v) is 2.80. The van der Waals surface area contributed by atoms with Gasteiger partial charge < -0.3 is 10.2 Å². The summed E-state index contributed by atoms with van der Waals surface area (Å²) in [7, 11) is 0. The average Bonchev–Trinajstić information content (AvgIpc) is 3.00. The Morgan fingerprint density at radius 2 is 2.00 bits per heavy atom. The van der Waals surface area contributed by atoms with Gasteiger partial charge in [-0.2, -0.15) is 0 Å². The van der Waals surface area contributed by atoms with Crippen LogP contribution in [0.3, 0.4) is 0 Å². The molecule has 7 heteroatoms. The Balaban J connectivity index is 1.72. The quantitative estimate of drug-likeness (QED) is 0.669. The predicted octanol–water partition coefficient (Wildman–Crippen LogP) is 2.97. The van der Waals surface area contributed by atoms with Crippen LogP contribution in [-0.4, -0.2) is 28.2 Å². The number of hydrogen-bond donors (Lipinski definition) is 1. The van der Waals surface area contributed by atoms with Crippen molar-refractivity contribution in [1.82, 2.24) is 4.90 Å². The normalized spacial score (nSPS) is 13.8. The number of amides is 2. The molecule has 0 atom stereocenters. The Morgan fingerprint density at radius 3 is 2.72 bits per heavy atom. The fourth-order valence-electron chi connectivity index (χ4n) is 2.80. The Hall–Kier alpha value is -3.22. The summed E-state index contributed by atoms with van der Waals surface area (Å²) in [5.74, 6) is -0.221. The number of nitro groups is 1. The summed E-state index contributed by atoms with van der Waals surface area (Å²) >= 11 is 0. The van der Waals surface area contributed by atoms with Gasteiger partial charge in [0, 0.05) is 42.9 Å². The first-order valence-electron chi connectivity index (χ1n) is 7.95. The predicted molar refractivity (Wildman–Crippen MR) is 92.1 cm³/mol. The standard InChI is InChI=1S/C18H17N3O4/c22-17-8-3-9-20(17)12-13-4-1-5-14(10-13)18(23)19-15-6-2-7-16(11-15)21(24)25/h1-2,4-7,10-11H,3,8-9,12H2,(H,19,23). The Kier molecular flexibility index (Phi) is 4.74. The van der Waals surface area contributed by atoms with E-state index in [-0.39, 0.29) is 17.5 Å². The van der Waals surface area contributed by atoms with Crippen LogP contribution in [0, 0.1) is 10.1 Å². The Morgan fingerprint density at radius 1 is 1.20 bits per heavy atom. The zero-order valence-corrected chi connectivity index (χ0v) is 13.5. The summed E-state index contributed by atoms with van der Waals surface area (Å²) in [4.78, 5) is 36.2. The largest absolute Gasteiger partial charge is 0.338 e. The number of carbonyl (C=O) groups excluding carboxylic acids is 2. The van der Waals surface area contributed by atoms with Gasteiger partial charge in [0.15, 0.2) is 0 Å². The van der Waals surface area contributed by atoms with Gasteiger partial charge in [0.2, 0.25) is 5.91 Å². The maximum Gasteiger partial charge on any atom is 0.271 e.